The highest BCUT2D eigenvalue weighted by atomic mass is 15.3. The Bertz CT molecular complexity index is 676. The summed E-state index contributed by atoms with van der Waals surface area (Å²) in [6.45, 7) is 4.26. The lowest BCUT2D eigenvalue weighted by atomic mass is 10.2. The van der Waals surface area contributed by atoms with E-state index >= 15 is 0 Å². The van der Waals surface area contributed by atoms with Crippen molar-refractivity contribution in [3.8, 4) is 0 Å². The van der Waals surface area contributed by atoms with E-state index in [1.54, 1.807) is 0 Å². The van der Waals surface area contributed by atoms with Gasteiger partial charge in [0.2, 0.25) is 0 Å². The van der Waals surface area contributed by atoms with Gasteiger partial charge in [-0.1, -0.05) is 30.3 Å². The Morgan fingerprint density at radius 1 is 1.12 bits per heavy atom. The van der Waals surface area contributed by atoms with Crippen LogP contribution in [-0.4, -0.2) is 50.7 Å². The Morgan fingerprint density at radius 3 is 2.67 bits per heavy atom. The normalized spacial score (nSPS) is 21.7. The van der Waals surface area contributed by atoms with Crippen LogP contribution in [0.25, 0.3) is 0 Å². The van der Waals surface area contributed by atoms with Gasteiger partial charge in [0, 0.05) is 38.6 Å². The van der Waals surface area contributed by atoms with Crippen molar-refractivity contribution in [3.05, 3.63) is 47.5 Å². The van der Waals surface area contributed by atoms with Gasteiger partial charge in [0.25, 0.3) is 0 Å². The van der Waals surface area contributed by atoms with E-state index in [9.17, 15) is 0 Å². The number of likely N-dealkylation sites (N-methyl/N-ethyl adjacent to an activating group) is 1. The Balaban J connectivity index is 1.33. The Morgan fingerprint density at radius 2 is 1.92 bits per heavy atom. The van der Waals surface area contributed by atoms with Crippen LogP contribution in [0.15, 0.2) is 30.3 Å². The summed E-state index contributed by atoms with van der Waals surface area (Å²) in [5.74, 6) is 2.94. The number of hydrogen-bond acceptors (Lipinski definition) is 4. The summed E-state index contributed by atoms with van der Waals surface area (Å²) in [7, 11) is 4.34. The van der Waals surface area contributed by atoms with Crippen LogP contribution >= 0.6 is 0 Å². The van der Waals surface area contributed by atoms with Gasteiger partial charge in [0.05, 0.1) is 6.54 Å². The number of hydrogen-bond donors (Lipinski definition) is 0. The molecule has 1 saturated heterocycles. The quantitative estimate of drug-likeness (QED) is 0.817. The van der Waals surface area contributed by atoms with E-state index in [4.69, 9.17) is 0 Å². The molecule has 2 aromatic rings. The number of nitrogens with zero attached hydrogens (tertiary/aromatic N) is 5. The number of likely N-dealkylation sites (tertiary alicyclic amines) is 1. The second-order valence-electron chi connectivity index (χ2n) is 7.39. The lowest BCUT2D eigenvalue weighted by Gasteiger charge is -2.24. The van der Waals surface area contributed by atoms with Crippen molar-refractivity contribution in [2.24, 2.45) is 7.05 Å². The SMILES string of the molecule is CN(Cc1nnc(C2CC2)n1C)[C@@H]1CCN(Cc2ccccc2)C1. The third-order valence-electron chi connectivity index (χ3n) is 5.45. The molecule has 0 N–H and O–H groups in total. The minimum atomic E-state index is 0.606. The van der Waals surface area contributed by atoms with Crippen molar-refractivity contribution >= 4 is 0 Å². The highest BCUT2D eigenvalue weighted by Gasteiger charge is 2.30. The van der Waals surface area contributed by atoms with Crippen LogP contribution in [0.4, 0.5) is 0 Å². The molecule has 5 nitrogen and oxygen atoms in total. The molecule has 0 bridgehead atoms. The van der Waals surface area contributed by atoms with Crippen molar-refractivity contribution in [3.63, 3.8) is 0 Å². The molecule has 1 aromatic heterocycles. The smallest absolute Gasteiger partial charge is 0.146 e. The average molecular weight is 325 g/mol. The maximum Gasteiger partial charge on any atom is 0.146 e. The van der Waals surface area contributed by atoms with Crippen LogP contribution in [-0.2, 0) is 20.1 Å². The molecule has 1 aliphatic heterocycles. The fourth-order valence-corrected chi connectivity index (χ4v) is 3.72. The van der Waals surface area contributed by atoms with Gasteiger partial charge in [-0.05, 0) is 31.9 Å². The highest BCUT2D eigenvalue weighted by Crippen LogP contribution is 2.38. The molecule has 1 aliphatic carbocycles. The molecule has 1 atom stereocenters. The zero-order valence-electron chi connectivity index (χ0n) is 14.7. The molecule has 0 unspecified atom stereocenters. The summed E-state index contributed by atoms with van der Waals surface area (Å²) < 4.78 is 2.21. The predicted octanol–water partition coefficient (Wildman–Crippen LogP) is 2.40. The summed E-state index contributed by atoms with van der Waals surface area (Å²) in [6, 6.07) is 11.4. The van der Waals surface area contributed by atoms with Gasteiger partial charge in [0.1, 0.15) is 11.6 Å². The number of benzene rings is 1. The maximum atomic E-state index is 4.43. The molecular weight excluding hydrogens is 298 g/mol. The van der Waals surface area contributed by atoms with Crippen LogP contribution in [0, 0.1) is 0 Å². The fourth-order valence-electron chi connectivity index (χ4n) is 3.72. The molecular formula is C19H27N5. The van der Waals surface area contributed by atoms with E-state index in [0.29, 0.717) is 12.0 Å². The zero-order valence-corrected chi connectivity index (χ0v) is 14.7. The van der Waals surface area contributed by atoms with Gasteiger partial charge >= 0.3 is 0 Å². The van der Waals surface area contributed by atoms with E-state index in [-0.39, 0.29) is 0 Å². The lowest BCUT2D eigenvalue weighted by molar-refractivity contribution is 0.216. The van der Waals surface area contributed by atoms with Crippen molar-refractivity contribution in [1.29, 1.82) is 0 Å². The molecule has 0 radical (unpaired) electrons. The first-order valence-corrected chi connectivity index (χ1v) is 9.05. The van der Waals surface area contributed by atoms with Crippen molar-refractivity contribution < 1.29 is 0 Å². The zero-order chi connectivity index (χ0) is 16.5. The van der Waals surface area contributed by atoms with Crippen LogP contribution in [0.2, 0.25) is 0 Å². The lowest BCUT2D eigenvalue weighted by Crippen LogP contribution is -2.34. The van der Waals surface area contributed by atoms with E-state index in [1.807, 2.05) is 0 Å². The molecule has 1 saturated carbocycles. The van der Waals surface area contributed by atoms with Crippen molar-refractivity contribution in [2.75, 3.05) is 20.1 Å². The van der Waals surface area contributed by atoms with E-state index in [2.05, 4.69) is 69.0 Å². The van der Waals surface area contributed by atoms with E-state index < -0.39 is 0 Å². The second-order valence-corrected chi connectivity index (χ2v) is 7.39. The average Bonchev–Trinajstić information content (AvgIpc) is 3.22. The first-order valence-electron chi connectivity index (χ1n) is 9.05. The molecule has 0 spiro atoms. The molecule has 0 amide bonds. The fraction of sp³-hybridized carbons (Fsp3) is 0.579. The van der Waals surface area contributed by atoms with Crippen LogP contribution < -0.4 is 0 Å². The van der Waals surface area contributed by atoms with Gasteiger partial charge in [-0.2, -0.15) is 0 Å². The molecule has 2 heterocycles. The van der Waals surface area contributed by atoms with Crippen LogP contribution in [0.5, 0.6) is 0 Å². The maximum absolute atomic E-state index is 4.43. The predicted molar refractivity (Wildman–Crippen MR) is 94.6 cm³/mol. The summed E-state index contributed by atoms with van der Waals surface area (Å²) in [5.41, 5.74) is 1.41. The Kier molecular flexibility index (Phi) is 4.37. The van der Waals surface area contributed by atoms with E-state index in [0.717, 1.165) is 25.5 Å². The van der Waals surface area contributed by atoms with Crippen molar-refractivity contribution in [1.82, 2.24) is 24.6 Å². The Hall–Kier alpha value is -1.72. The molecule has 2 aliphatic rings. The first-order chi connectivity index (χ1) is 11.7. The largest absolute Gasteiger partial charge is 0.317 e. The number of aromatic nitrogens is 3. The Labute approximate surface area is 144 Å². The van der Waals surface area contributed by atoms with Crippen LogP contribution in [0.3, 0.4) is 0 Å². The van der Waals surface area contributed by atoms with Gasteiger partial charge < -0.3 is 4.57 Å². The number of rotatable bonds is 6. The minimum Gasteiger partial charge on any atom is -0.317 e. The highest BCUT2D eigenvalue weighted by molar-refractivity contribution is 5.14. The molecule has 128 valence electrons. The summed E-state index contributed by atoms with van der Waals surface area (Å²) in [4.78, 5) is 5.01. The minimum absolute atomic E-state index is 0.606. The monoisotopic (exact) mass is 325 g/mol. The van der Waals surface area contributed by atoms with E-state index in [1.165, 1.54) is 37.2 Å². The third-order valence-corrected chi connectivity index (χ3v) is 5.45. The van der Waals surface area contributed by atoms with Gasteiger partial charge in [-0.15, -0.1) is 10.2 Å². The molecule has 4 rings (SSSR count). The third kappa shape index (κ3) is 3.37. The summed E-state index contributed by atoms with van der Waals surface area (Å²) >= 11 is 0. The molecule has 24 heavy (non-hydrogen) atoms. The topological polar surface area (TPSA) is 37.2 Å². The summed E-state index contributed by atoms with van der Waals surface area (Å²) in [5, 5.41) is 8.84. The van der Waals surface area contributed by atoms with Gasteiger partial charge in [-0.3, -0.25) is 9.80 Å². The summed E-state index contributed by atoms with van der Waals surface area (Å²) in [6.07, 6.45) is 3.79. The molecule has 5 heteroatoms. The first kappa shape index (κ1) is 15.8. The van der Waals surface area contributed by atoms with Crippen LogP contribution in [0.1, 0.15) is 42.4 Å². The van der Waals surface area contributed by atoms with Crippen molar-refractivity contribution in [2.45, 2.75) is 44.3 Å². The van der Waals surface area contributed by atoms with Gasteiger partial charge in [0.15, 0.2) is 0 Å². The molecule has 1 aromatic carbocycles. The van der Waals surface area contributed by atoms with Gasteiger partial charge in [-0.25, -0.2) is 0 Å². The standard InChI is InChI=1S/C19H27N5/c1-22(14-18-20-21-19(23(18)2)16-8-9-16)17-10-11-24(13-17)12-15-6-4-3-5-7-15/h3-7,16-17H,8-14H2,1-2H3/t17-/m1/s1. The second kappa shape index (κ2) is 6.65. The molecule has 2 fully saturated rings.